The average molecular weight is 321 g/mol. The molecular formula is C11H8ClF3N4S. The molecule has 0 spiro atoms. The van der Waals surface area contributed by atoms with Crippen LogP contribution in [0.1, 0.15) is 5.82 Å². The molecule has 0 radical (unpaired) electrons. The maximum atomic E-state index is 12.7. The Balaban J connectivity index is 2.39. The van der Waals surface area contributed by atoms with E-state index in [1.165, 1.54) is 19.3 Å². The third-order valence-corrected chi connectivity index (χ3v) is 3.49. The Morgan fingerprint density at radius 2 is 2.05 bits per heavy atom. The highest BCUT2D eigenvalue weighted by Crippen LogP contribution is 2.33. The van der Waals surface area contributed by atoms with E-state index in [-0.39, 0.29) is 10.8 Å². The highest BCUT2D eigenvalue weighted by Gasteiger charge is 2.35. The van der Waals surface area contributed by atoms with E-state index in [2.05, 4.69) is 20.3 Å². The van der Waals surface area contributed by atoms with Crippen molar-refractivity contribution in [1.82, 2.24) is 15.0 Å². The Labute approximate surface area is 121 Å². The third kappa shape index (κ3) is 3.51. The minimum Gasteiger partial charge on any atom is -0.373 e. The van der Waals surface area contributed by atoms with Crippen LogP contribution in [0.3, 0.4) is 0 Å². The second kappa shape index (κ2) is 5.84. The van der Waals surface area contributed by atoms with Gasteiger partial charge in [-0.2, -0.15) is 13.2 Å². The number of halogens is 4. The molecule has 0 unspecified atom stereocenters. The van der Waals surface area contributed by atoms with Gasteiger partial charge in [-0.25, -0.2) is 15.0 Å². The van der Waals surface area contributed by atoms with Crippen molar-refractivity contribution in [3.8, 4) is 0 Å². The fraction of sp³-hybridized carbons (Fsp3) is 0.182. The zero-order valence-electron chi connectivity index (χ0n) is 10.1. The number of hydrogen-bond donors (Lipinski definition) is 1. The number of nitrogens with one attached hydrogen (secondary N) is 1. The van der Waals surface area contributed by atoms with Crippen LogP contribution in [0.25, 0.3) is 0 Å². The summed E-state index contributed by atoms with van der Waals surface area (Å²) < 4.78 is 38.1. The zero-order valence-corrected chi connectivity index (χ0v) is 11.6. The second-order valence-corrected chi connectivity index (χ2v) is 4.97. The highest BCUT2D eigenvalue weighted by molar-refractivity contribution is 7.99. The molecule has 2 heterocycles. The molecule has 2 rings (SSSR count). The highest BCUT2D eigenvalue weighted by atomic mass is 35.5. The van der Waals surface area contributed by atoms with Gasteiger partial charge in [-0.3, -0.25) is 0 Å². The first-order valence-electron chi connectivity index (χ1n) is 5.32. The average Bonchev–Trinajstić information content (AvgIpc) is 2.40. The first-order valence-corrected chi connectivity index (χ1v) is 6.52. The van der Waals surface area contributed by atoms with E-state index in [1.54, 1.807) is 12.1 Å². The van der Waals surface area contributed by atoms with Gasteiger partial charge in [0.05, 0.1) is 5.02 Å². The van der Waals surface area contributed by atoms with Gasteiger partial charge in [0.1, 0.15) is 15.9 Å². The van der Waals surface area contributed by atoms with E-state index in [0.717, 1.165) is 11.8 Å². The lowest BCUT2D eigenvalue weighted by atomic mass is 10.5. The van der Waals surface area contributed by atoms with Crippen LogP contribution in [-0.2, 0) is 6.18 Å². The van der Waals surface area contributed by atoms with E-state index >= 15 is 0 Å². The predicted octanol–water partition coefficient (Wildman–Crippen LogP) is 3.74. The van der Waals surface area contributed by atoms with E-state index in [9.17, 15) is 13.2 Å². The first kappa shape index (κ1) is 14.9. The smallest absolute Gasteiger partial charge is 0.373 e. The maximum Gasteiger partial charge on any atom is 0.451 e. The monoisotopic (exact) mass is 320 g/mol. The Kier molecular flexibility index (Phi) is 4.34. The molecule has 0 atom stereocenters. The SMILES string of the molecule is CNc1cc(Sc2ncccc2Cl)nc(C(F)(F)F)n1. The van der Waals surface area contributed by atoms with Crippen LogP contribution in [0.5, 0.6) is 0 Å². The number of nitrogens with zero attached hydrogens (tertiary/aromatic N) is 3. The Morgan fingerprint density at radius 3 is 2.65 bits per heavy atom. The molecule has 0 aliphatic carbocycles. The predicted molar refractivity (Wildman–Crippen MR) is 70.0 cm³/mol. The summed E-state index contributed by atoms with van der Waals surface area (Å²) >= 11 is 6.85. The molecule has 0 saturated carbocycles. The van der Waals surface area contributed by atoms with E-state index in [0.29, 0.717) is 10.0 Å². The maximum absolute atomic E-state index is 12.7. The van der Waals surface area contributed by atoms with Crippen molar-refractivity contribution in [1.29, 1.82) is 0 Å². The molecule has 0 amide bonds. The van der Waals surface area contributed by atoms with Crippen LogP contribution in [-0.4, -0.2) is 22.0 Å². The van der Waals surface area contributed by atoms with Gasteiger partial charge < -0.3 is 5.32 Å². The Morgan fingerprint density at radius 1 is 1.30 bits per heavy atom. The first-order chi connectivity index (χ1) is 9.40. The number of rotatable bonds is 3. The van der Waals surface area contributed by atoms with Crippen molar-refractivity contribution < 1.29 is 13.2 Å². The van der Waals surface area contributed by atoms with E-state index < -0.39 is 12.0 Å². The van der Waals surface area contributed by atoms with Gasteiger partial charge in [-0.15, -0.1) is 0 Å². The molecule has 2 aromatic heterocycles. The number of pyridine rings is 1. The van der Waals surface area contributed by atoms with Crippen LogP contribution < -0.4 is 5.32 Å². The molecular weight excluding hydrogens is 313 g/mol. The van der Waals surface area contributed by atoms with Crippen molar-refractivity contribution in [3.05, 3.63) is 35.2 Å². The molecule has 4 nitrogen and oxygen atoms in total. The van der Waals surface area contributed by atoms with Gasteiger partial charge in [-0.05, 0) is 23.9 Å². The van der Waals surface area contributed by atoms with Crippen molar-refractivity contribution >= 4 is 29.2 Å². The van der Waals surface area contributed by atoms with Gasteiger partial charge in [0.25, 0.3) is 0 Å². The third-order valence-electron chi connectivity index (χ3n) is 2.14. The van der Waals surface area contributed by atoms with Crippen molar-refractivity contribution in [3.63, 3.8) is 0 Å². The minimum absolute atomic E-state index is 0.0712. The standard InChI is InChI=1S/C11H8ClF3N4S/c1-16-7-5-8(19-10(18-7)11(13,14)15)20-9-6(12)3-2-4-17-9/h2-5H,1H3,(H,16,18,19). The fourth-order valence-electron chi connectivity index (χ4n) is 1.28. The van der Waals surface area contributed by atoms with Crippen molar-refractivity contribution in [2.24, 2.45) is 0 Å². The molecule has 1 N–H and O–H groups in total. The summed E-state index contributed by atoms with van der Waals surface area (Å²) in [5, 5.41) is 3.39. The lowest BCUT2D eigenvalue weighted by Gasteiger charge is -2.09. The summed E-state index contributed by atoms with van der Waals surface area (Å²) in [6.45, 7) is 0. The zero-order chi connectivity index (χ0) is 14.8. The Hall–Kier alpha value is -1.54. The molecule has 20 heavy (non-hydrogen) atoms. The molecule has 0 aliphatic heterocycles. The lowest BCUT2D eigenvalue weighted by molar-refractivity contribution is -0.145. The summed E-state index contributed by atoms with van der Waals surface area (Å²) in [6.07, 6.45) is -3.12. The van der Waals surface area contributed by atoms with Crippen LogP contribution in [0.15, 0.2) is 34.4 Å². The molecule has 0 saturated heterocycles. The number of aromatic nitrogens is 3. The van der Waals surface area contributed by atoms with E-state index in [4.69, 9.17) is 11.6 Å². The van der Waals surface area contributed by atoms with Crippen LogP contribution >= 0.6 is 23.4 Å². The van der Waals surface area contributed by atoms with E-state index in [1.807, 2.05) is 0 Å². The molecule has 9 heteroatoms. The molecule has 0 aliphatic rings. The van der Waals surface area contributed by atoms with Gasteiger partial charge in [0, 0.05) is 19.3 Å². The van der Waals surface area contributed by atoms with Crippen LogP contribution in [0, 0.1) is 0 Å². The fourth-order valence-corrected chi connectivity index (χ4v) is 2.29. The number of hydrogen-bond acceptors (Lipinski definition) is 5. The van der Waals surface area contributed by atoms with Gasteiger partial charge in [0.2, 0.25) is 5.82 Å². The summed E-state index contributed by atoms with van der Waals surface area (Å²) in [5.74, 6) is -1.14. The van der Waals surface area contributed by atoms with Crippen molar-refractivity contribution in [2.45, 2.75) is 16.2 Å². The second-order valence-electron chi connectivity index (χ2n) is 3.56. The molecule has 0 aromatic carbocycles. The topological polar surface area (TPSA) is 50.7 Å². The summed E-state index contributed by atoms with van der Waals surface area (Å²) in [7, 11) is 1.48. The minimum atomic E-state index is -4.61. The Bertz CT molecular complexity index is 621. The summed E-state index contributed by atoms with van der Waals surface area (Å²) in [5.41, 5.74) is 0. The van der Waals surface area contributed by atoms with Crippen LogP contribution in [0.4, 0.5) is 19.0 Å². The van der Waals surface area contributed by atoms with Crippen LogP contribution in [0.2, 0.25) is 5.02 Å². The normalized spacial score (nSPS) is 11.4. The molecule has 0 bridgehead atoms. The largest absolute Gasteiger partial charge is 0.451 e. The lowest BCUT2D eigenvalue weighted by Crippen LogP contribution is -2.12. The molecule has 0 fully saturated rings. The number of anilines is 1. The molecule has 2 aromatic rings. The summed E-state index contributed by atoms with van der Waals surface area (Å²) in [4.78, 5) is 10.8. The van der Waals surface area contributed by atoms with Gasteiger partial charge >= 0.3 is 6.18 Å². The number of alkyl halides is 3. The van der Waals surface area contributed by atoms with Crippen molar-refractivity contribution in [2.75, 3.05) is 12.4 Å². The van der Waals surface area contributed by atoms with Gasteiger partial charge in [-0.1, -0.05) is 11.6 Å². The molecule has 106 valence electrons. The van der Waals surface area contributed by atoms with Gasteiger partial charge in [0.15, 0.2) is 0 Å². The summed E-state index contributed by atoms with van der Waals surface area (Å²) in [6, 6.07) is 4.62. The quantitative estimate of drug-likeness (QED) is 0.873.